The molecule has 0 saturated carbocycles. The predicted octanol–water partition coefficient (Wildman–Crippen LogP) is 2.67. The van der Waals surface area contributed by atoms with Crippen LogP contribution in [0.15, 0.2) is 22.0 Å². The van der Waals surface area contributed by atoms with Crippen molar-refractivity contribution in [2.45, 2.75) is 39.2 Å². The fraction of sp³-hybridized carbons (Fsp3) is 0.538. The highest BCUT2D eigenvalue weighted by atomic mass is 32.1. The summed E-state index contributed by atoms with van der Waals surface area (Å²) >= 11 is 1.68. The summed E-state index contributed by atoms with van der Waals surface area (Å²) in [6.07, 6.45) is 1.49. The topological polar surface area (TPSA) is 59.2 Å². The summed E-state index contributed by atoms with van der Waals surface area (Å²) in [4.78, 5) is 5.51. The Bertz CT molecular complexity index is 465. The van der Waals surface area contributed by atoms with Crippen LogP contribution in [-0.4, -0.2) is 21.4 Å². The fourth-order valence-corrected chi connectivity index (χ4v) is 2.54. The van der Waals surface area contributed by atoms with Crippen molar-refractivity contribution in [3.8, 4) is 0 Å². The Balaban J connectivity index is 1.90. The third-order valence-electron chi connectivity index (χ3n) is 2.58. The van der Waals surface area contributed by atoms with Crippen LogP contribution in [0.3, 0.4) is 0 Å². The number of aromatic nitrogens is 2. The fourth-order valence-electron chi connectivity index (χ4n) is 1.84. The van der Waals surface area contributed by atoms with Gasteiger partial charge in [-0.3, -0.25) is 0 Å². The molecule has 0 spiro atoms. The van der Waals surface area contributed by atoms with Gasteiger partial charge in [-0.1, -0.05) is 25.1 Å². The zero-order chi connectivity index (χ0) is 13.0. The Morgan fingerprint density at radius 3 is 2.94 bits per heavy atom. The maximum absolute atomic E-state index is 9.81. The molecule has 18 heavy (non-hydrogen) atoms. The predicted molar refractivity (Wildman–Crippen MR) is 70.6 cm³/mol. The smallest absolute Gasteiger partial charge is 0.229 e. The van der Waals surface area contributed by atoms with Gasteiger partial charge in [0.15, 0.2) is 5.82 Å². The highest BCUT2D eigenvalue weighted by Gasteiger charge is 2.13. The molecule has 1 atom stereocenters. The number of hydrogen-bond acceptors (Lipinski definition) is 5. The van der Waals surface area contributed by atoms with Crippen LogP contribution in [0.4, 0.5) is 0 Å². The van der Waals surface area contributed by atoms with Gasteiger partial charge in [-0.2, -0.15) is 4.98 Å². The normalized spacial score (nSPS) is 13.1. The lowest BCUT2D eigenvalue weighted by atomic mass is 10.0. The molecule has 0 amide bonds. The molecule has 4 nitrogen and oxygen atoms in total. The van der Waals surface area contributed by atoms with Gasteiger partial charge in [0.25, 0.3) is 0 Å². The summed E-state index contributed by atoms with van der Waals surface area (Å²) in [5.41, 5.74) is 0. The number of hydrogen-bond donors (Lipinski definition) is 1. The van der Waals surface area contributed by atoms with Gasteiger partial charge in [0.2, 0.25) is 5.89 Å². The average Bonchev–Trinajstić information content (AvgIpc) is 2.89. The van der Waals surface area contributed by atoms with E-state index < -0.39 is 6.10 Å². The molecule has 0 aliphatic carbocycles. The number of nitrogens with zero attached hydrogens (tertiary/aromatic N) is 2. The molecule has 5 heteroatoms. The van der Waals surface area contributed by atoms with Gasteiger partial charge in [-0.15, -0.1) is 11.3 Å². The minimum atomic E-state index is -0.403. The van der Waals surface area contributed by atoms with E-state index in [4.69, 9.17) is 4.52 Å². The molecule has 0 aliphatic heterocycles. The summed E-state index contributed by atoms with van der Waals surface area (Å²) < 4.78 is 5.15. The van der Waals surface area contributed by atoms with E-state index in [2.05, 4.69) is 24.0 Å². The van der Waals surface area contributed by atoms with E-state index in [1.807, 2.05) is 17.5 Å². The van der Waals surface area contributed by atoms with Crippen molar-refractivity contribution in [2.24, 2.45) is 5.92 Å². The summed E-state index contributed by atoms with van der Waals surface area (Å²) in [6, 6.07) is 4.06. The van der Waals surface area contributed by atoms with Gasteiger partial charge in [0.05, 0.1) is 12.5 Å². The SMILES string of the molecule is CC(C)CC(O)Cc1nc(Cc2cccs2)no1. The van der Waals surface area contributed by atoms with Crippen molar-refractivity contribution in [2.75, 3.05) is 0 Å². The first kappa shape index (κ1) is 13.2. The van der Waals surface area contributed by atoms with Gasteiger partial charge in [0, 0.05) is 11.3 Å². The standard InChI is InChI=1S/C13H18N2O2S/c1-9(2)6-10(16)7-13-14-12(15-17-13)8-11-4-3-5-18-11/h3-5,9-10,16H,6-8H2,1-2H3. The first-order chi connectivity index (χ1) is 8.63. The minimum absolute atomic E-state index is 0.403. The Kier molecular flexibility index (Phi) is 4.49. The average molecular weight is 266 g/mol. The van der Waals surface area contributed by atoms with E-state index in [-0.39, 0.29) is 0 Å². The van der Waals surface area contributed by atoms with Crippen molar-refractivity contribution in [1.29, 1.82) is 0 Å². The maximum atomic E-state index is 9.81. The van der Waals surface area contributed by atoms with E-state index in [0.717, 1.165) is 6.42 Å². The second kappa shape index (κ2) is 6.11. The molecule has 0 fully saturated rings. The lowest BCUT2D eigenvalue weighted by Crippen LogP contribution is -2.13. The molecule has 2 aromatic heterocycles. The molecule has 0 bridgehead atoms. The lowest BCUT2D eigenvalue weighted by molar-refractivity contribution is 0.138. The van der Waals surface area contributed by atoms with E-state index in [9.17, 15) is 5.11 Å². The third kappa shape index (κ3) is 3.92. The molecule has 2 heterocycles. The van der Waals surface area contributed by atoms with Gasteiger partial charge < -0.3 is 9.63 Å². The molecule has 0 saturated heterocycles. The Morgan fingerprint density at radius 2 is 2.28 bits per heavy atom. The van der Waals surface area contributed by atoms with Crippen molar-refractivity contribution in [3.63, 3.8) is 0 Å². The maximum Gasteiger partial charge on any atom is 0.229 e. The summed E-state index contributed by atoms with van der Waals surface area (Å²) in [5, 5.41) is 15.8. The van der Waals surface area contributed by atoms with Crippen molar-refractivity contribution in [3.05, 3.63) is 34.1 Å². The number of aliphatic hydroxyl groups excluding tert-OH is 1. The summed E-state index contributed by atoms with van der Waals surface area (Å²) in [5.74, 6) is 1.67. The zero-order valence-corrected chi connectivity index (χ0v) is 11.5. The molecule has 1 N–H and O–H groups in total. The number of rotatable bonds is 6. The van der Waals surface area contributed by atoms with E-state index in [0.29, 0.717) is 30.5 Å². The van der Waals surface area contributed by atoms with Gasteiger partial charge in [0.1, 0.15) is 0 Å². The number of thiophene rings is 1. The van der Waals surface area contributed by atoms with Crippen LogP contribution in [0.1, 0.15) is 36.9 Å². The van der Waals surface area contributed by atoms with Crippen LogP contribution in [0.25, 0.3) is 0 Å². The van der Waals surface area contributed by atoms with Gasteiger partial charge in [-0.05, 0) is 23.8 Å². The quantitative estimate of drug-likeness (QED) is 0.873. The van der Waals surface area contributed by atoms with Crippen LogP contribution in [-0.2, 0) is 12.8 Å². The highest BCUT2D eigenvalue weighted by molar-refractivity contribution is 7.09. The molecule has 0 radical (unpaired) electrons. The van der Waals surface area contributed by atoms with Crippen molar-refractivity contribution >= 4 is 11.3 Å². The molecule has 2 aromatic rings. The van der Waals surface area contributed by atoms with Crippen molar-refractivity contribution < 1.29 is 9.63 Å². The van der Waals surface area contributed by atoms with E-state index in [1.165, 1.54) is 4.88 Å². The Morgan fingerprint density at radius 1 is 1.44 bits per heavy atom. The molecular weight excluding hydrogens is 248 g/mol. The van der Waals surface area contributed by atoms with E-state index in [1.54, 1.807) is 11.3 Å². The zero-order valence-electron chi connectivity index (χ0n) is 10.7. The van der Waals surface area contributed by atoms with Crippen molar-refractivity contribution in [1.82, 2.24) is 10.1 Å². The van der Waals surface area contributed by atoms with Crippen LogP contribution in [0.2, 0.25) is 0 Å². The van der Waals surface area contributed by atoms with Gasteiger partial charge in [-0.25, -0.2) is 0 Å². The molecule has 2 rings (SSSR count). The monoisotopic (exact) mass is 266 g/mol. The third-order valence-corrected chi connectivity index (χ3v) is 3.45. The summed E-state index contributed by atoms with van der Waals surface area (Å²) in [6.45, 7) is 4.17. The molecule has 1 unspecified atom stereocenters. The number of aliphatic hydroxyl groups is 1. The van der Waals surface area contributed by atoms with Crippen LogP contribution >= 0.6 is 11.3 Å². The highest BCUT2D eigenvalue weighted by Crippen LogP contribution is 2.14. The molecule has 0 aromatic carbocycles. The van der Waals surface area contributed by atoms with Crippen LogP contribution in [0, 0.1) is 5.92 Å². The van der Waals surface area contributed by atoms with Gasteiger partial charge >= 0.3 is 0 Å². The van der Waals surface area contributed by atoms with E-state index >= 15 is 0 Å². The van der Waals surface area contributed by atoms with Crippen LogP contribution in [0.5, 0.6) is 0 Å². The molecular formula is C13H18N2O2S. The summed E-state index contributed by atoms with van der Waals surface area (Å²) in [7, 11) is 0. The van der Waals surface area contributed by atoms with Crippen LogP contribution < -0.4 is 0 Å². The second-order valence-corrected chi connectivity index (χ2v) is 5.88. The lowest BCUT2D eigenvalue weighted by Gasteiger charge is -2.09. The second-order valence-electron chi connectivity index (χ2n) is 4.85. The first-order valence-corrected chi connectivity index (χ1v) is 7.03. The Labute approximate surface area is 111 Å². The minimum Gasteiger partial charge on any atom is -0.393 e. The molecule has 98 valence electrons. The first-order valence-electron chi connectivity index (χ1n) is 6.15. The molecule has 0 aliphatic rings. The largest absolute Gasteiger partial charge is 0.393 e. The Hall–Kier alpha value is -1.20.